The Morgan fingerprint density at radius 1 is 1.67 bits per heavy atom. The summed E-state index contributed by atoms with van der Waals surface area (Å²) in [6.07, 6.45) is 1.92. The maximum Gasteiger partial charge on any atom is 0.0180 e. The summed E-state index contributed by atoms with van der Waals surface area (Å²) in [6, 6.07) is 0.306. The molecule has 1 aliphatic rings. The lowest BCUT2D eigenvalue weighted by atomic mass is 10.2. The first kappa shape index (κ1) is 6.56. The number of rotatable bonds is 2. The van der Waals surface area contributed by atoms with Gasteiger partial charge in [-0.05, 0) is 6.92 Å². The standard InChI is InChI=1S/C8H13N/c1-4-6-7(5(2)3)8(6)9/h4,6-8H,1-2,9H2,3H3/t6-,7?,8?/m0/s1. The average Bonchev–Trinajstić information content (AvgIpc) is 2.40. The van der Waals surface area contributed by atoms with Gasteiger partial charge in [-0.3, -0.25) is 0 Å². The number of hydrogen-bond acceptors (Lipinski definition) is 1. The predicted octanol–water partition coefficient (Wildman–Crippen LogP) is 1.32. The molecule has 1 aliphatic carbocycles. The first-order chi connectivity index (χ1) is 4.18. The van der Waals surface area contributed by atoms with E-state index < -0.39 is 0 Å². The van der Waals surface area contributed by atoms with Crippen LogP contribution >= 0.6 is 0 Å². The molecule has 1 fully saturated rings. The lowest BCUT2D eigenvalue weighted by molar-refractivity contribution is 0.914. The van der Waals surface area contributed by atoms with E-state index in [2.05, 4.69) is 13.2 Å². The fraction of sp³-hybridized carbons (Fsp3) is 0.500. The van der Waals surface area contributed by atoms with Gasteiger partial charge in [0.1, 0.15) is 0 Å². The minimum atomic E-state index is 0.306. The fourth-order valence-electron chi connectivity index (χ4n) is 1.32. The summed E-state index contributed by atoms with van der Waals surface area (Å²) in [4.78, 5) is 0. The van der Waals surface area contributed by atoms with E-state index in [1.165, 1.54) is 5.57 Å². The van der Waals surface area contributed by atoms with E-state index in [0.717, 1.165) is 0 Å². The quantitative estimate of drug-likeness (QED) is 0.551. The molecule has 0 aliphatic heterocycles. The molecule has 2 unspecified atom stereocenters. The zero-order valence-corrected chi connectivity index (χ0v) is 5.80. The molecule has 0 aromatic carbocycles. The van der Waals surface area contributed by atoms with Crippen LogP contribution in [0.1, 0.15) is 6.92 Å². The van der Waals surface area contributed by atoms with E-state index in [9.17, 15) is 0 Å². The maximum absolute atomic E-state index is 5.69. The fourth-order valence-corrected chi connectivity index (χ4v) is 1.32. The van der Waals surface area contributed by atoms with Gasteiger partial charge in [-0.1, -0.05) is 18.2 Å². The van der Waals surface area contributed by atoms with Gasteiger partial charge in [0.2, 0.25) is 0 Å². The van der Waals surface area contributed by atoms with Crippen molar-refractivity contribution >= 4 is 0 Å². The second-order valence-corrected chi connectivity index (χ2v) is 2.76. The molecule has 0 saturated heterocycles. The molecule has 0 aromatic heterocycles. The van der Waals surface area contributed by atoms with Gasteiger partial charge >= 0.3 is 0 Å². The molecule has 0 spiro atoms. The van der Waals surface area contributed by atoms with E-state index in [1.807, 2.05) is 13.0 Å². The van der Waals surface area contributed by atoms with Crippen LogP contribution in [-0.2, 0) is 0 Å². The predicted molar refractivity (Wildman–Crippen MR) is 40.0 cm³/mol. The summed E-state index contributed by atoms with van der Waals surface area (Å²) in [5.74, 6) is 1.02. The molecule has 3 atom stereocenters. The van der Waals surface area contributed by atoms with Crippen molar-refractivity contribution in [1.29, 1.82) is 0 Å². The summed E-state index contributed by atoms with van der Waals surface area (Å²) in [5.41, 5.74) is 6.88. The summed E-state index contributed by atoms with van der Waals surface area (Å²) in [5, 5.41) is 0. The highest BCUT2D eigenvalue weighted by atomic mass is 14.8. The van der Waals surface area contributed by atoms with E-state index >= 15 is 0 Å². The second kappa shape index (κ2) is 1.99. The molecule has 9 heavy (non-hydrogen) atoms. The maximum atomic E-state index is 5.69. The topological polar surface area (TPSA) is 26.0 Å². The Morgan fingerprint density at radius 3 is 2.33 bits per heavy atom. The van der Waals surface area contributed by atoms with Crippen LogP contribution in [0.25, 0.3) is 0 Å². The Kier molecular flexibility index (Phi) is 1.45. The van der Waals surface area contributed by atoms with Crippen LogP contribution in [0.5, 0.6) is 0 Å². The van der Waals surface area contributed by atoms with Gasteiger partial charge in [0, 0.05) is 17.9 Å². The van der Waals surface area contributed by atoms with Crippen molar-refractivity contribution in [1.82, 2.24) is 0 Å². The molecule has 0 amide bonds. The second-order valence-electron chi connectivity index (χ2n) is 2.76. The monoisotopic (exact) mass is 123 g/mol. The van der Waals surface area contributed by atoms with Gasteiger partial charge in [0.05, 0.1) is 0 Å². The third kappa shape index (κ3) is 0.924. The van der Waals surface area contributed by atoms with Crippen LogP contribution < -0.4 is 5.73 Å². The Labute approximate surface area is 56.2 Å². The molecule has 1 heteroatoms. The highest BCUT2D eigenvalue weighted by Crippen LogP contribution is 2.42. The highest BCUT2D eigenvalue weighted by Gasteiger charge is 2.45. The average molecular weight is 123 g/mol. The van der Waals surface area contributed by atoms with Gasteiger partial charge < -0.3 is 5.73 Å². The molecule has 0 radical (unpaired) electrons. The Bertz CT molecular complexity index is 149. The van der Waals surface area contributed by atoms with Gasteiger partial charge in [0.25, 0.3) is 0 Å². The normalized spacial score (nSPS) is 40.0. The minimum absolute atomic E-state index is 0.306. The summed E-state index contributed by atoms with van der Waals surface area (Å²) in [6.45, 7) is 9.54. The molecule has 0 aromatic rings. The molecular formula is C8H13N. The first-order valence-electron chi connectivity index (χ1n) is 3.22. The van der Waals surface area contributed by atoms with Gasteiger partial charge in [-0.25, -0.2) is 0 Å². The zero-order valence-electron chi connectivity index (χ0n) is 5.80. The lowest BCUT2D eigenvalue weighted by Crippen LogP contribution is -2.02. The summed E-state index contributed by atoms with van der Waals surface area (Å²) >= 11 is 0. The van der Waals surface area contributed by atoms with E-state index in [1.54, 1.807) is 0 Å². The summed E-state index contributed by atoms with van der Waals surface area (Å²) < 4.78 is 0. The van der Waals surface area contributed by atoms with Crippen LogP contribution in [0.15, 0.2) is 24.8 Å². The van der Waals surface area contributed by atoms with E-state index in [4.69, 9.17) is 5.73 Å². The van der Waals surface area contributed by atoms with E-state index in [0.29, 0.717) is 17.9 Å². The Balaban J connectivity index is 2.51. The largest absolute Gasteiger partial charge is 0.327 e. The molecule has 0 heterocycles. The van der Waals surface area contributed by atoms with Gasteiger partial charge in [-0.2, -0.15) is 0 Å². The van der Waals surface area contributed by atoms with Crippen molar-refractivity contribution in [3.05, 3.63) is 24.8 Å². The third-order valence-corrected chi connectivity index (χ3v) is 1.97. The third-order valence-electron chi connectivity index (χ3n) is 1.97. The SMILES string of the molecule is C=C[C@@H]1C(N)C1C(=C)C. The van der Waals surface area contributed by atoms with Crippen LogP contribution in [0, 0.1) is 11.8 Å². The van der Waals surface area contributed by atoms with Crippen molar-refractivity contribution in [3.8, 4) is 0 Å². The Morgan fingerprint density at radius 2 is 2.22 bits per heavy atom. The van der Waals surface area contributed by atoms with Gasteiger partial charge in [-0.15, -0.1) is 6.58 Å². The van der Waals surface area contributed by atoms with Crippen molar-refractivity contribution in [2.45, 2.75) is 13.0 Å². The number of hydrogen-bond donors (Lipinski definition) is 1. The lowest BCUT2D eigenvalue weighted by Gasteiger charge is -1.89. The van der Waals surface area contributed by atoms with Crippen LogP contribution in [0.3, 0.4) is 0 Å². The first-order valence-corrected chi connectivity index (χ1v) is 3.22. The molecule has 2 N–H and O–H groups in total. The molecule has 1 rings (SSSR count). The Hall–Kier alpha value is -0.560. The number of nitrogens with two attached hydrogens (primary N) is 1. The van der Waals surface area contributed by atoms with Crippen molar-refractivity contribution in [3.63, 3.8) is 0 Å². The molecule has 0 bridgehead atoms. The molecule has 50 valence electrons. The van der Waals surface area contributed by atoms with Gasteiger partial charge in [0.15, 0.2) is 0 Å². The highest BCUT2D eigenvalue weighted by molar-refractivity contribution is 5.22. The van der Waals surface area contributed by atoms with Crippen LogP contribution in [0.4, 0.5) is 0 Å². The molecule has 1 nitrogen and oxygen atoms in total. The zero-order chi connectivity index (χ0) is 7.02. The van der Waals surface area contributed by atoms with Crippen molar-refractivity contribution in [2.75, 3.05) is 0 Å². The van der Waals surface area contributed by atoms with Crippen molar-refractivity contribution in [2.24, 2.45) is 17.6 Å². The minimum Gasteiger partial charge on any atom is -0.327 e. The van der Waals surface area contributed by atoms with Crippen LogP contribution in [0.2, 0.25) is 0 Å². The van der Waals surface area contributed by atoms with E-state index in [-0.39, 0.29) is 0 Å². The van der Waals surface area contributed by atoms with Crippen LogP contribution in [-0.4, -0.2) is 6.04 Å². The van der Waals surface area contributed by atoms with Crippen molar-refractivity contribution < 1.29 is 0 Å². The molecule has 1 saturated carbocycles. The molecular weight excluding hydrogens is 110 g/mol. The smallest absolute Gasteiger partial charge is 0.0180 e. The summed E-state index contributed by atoms with van der Waals surface area (Å²) in [7, 11) is 0.